The molecular weight excluding hydrogens is 230 g/mol. The van der Waals surface area contributed by atoms with E-state index in [0.29, 0.717) is 6.54 Å². The molecule has 0 unspecified atom stereocenters. The molecule has 0 aliphatic carbocycles. The maximum absolute atomic E-state index is 11.4. The van der Waals surface area contributed by atoms with Crippen molar-refractivity contribution >= 4 is 6.09 Å². The Hall–Kier alpha value is -2.30. The first-order chi connectivity index (χ1) is 8.72. The summed E-state index contributed by atoms with van der Waals surface area (Å²) in [5.74, 6) is 0. The van der Waals surface area contributed by atoms with Crippen LogP contribution in [0.1, 0.15) is 5.69 Å². The number of para-hydroxylation sites is 1. The molecule has 0 spiro atoms. The number of methoxy groups -OCH3 is 1. The van der Waals surface area contributed by atoms with Gasteiger partial charge >= 0.3 is 6.09 Å². The summed E-state index contributed by atoms with van der Waals surface area (Å²) in [6.07, 6.45) is 1.35. The van der Waals surface area contributed by atoms with Crippen molar-refractivity contribution < 1.29 is 9.53 Å². The molecule has 0 aliphatic rings. The van der Waals surface area contributed by atoms with Gasteiger partial charge in [0.25, 0.3) is 0 Å². The van der Waals surface area contributed by atoms with Crippen molar-refractivity contribution in [1.82, 2.24) is 14.7 Å². The van der Waals surface area contributed by atoms with Crippen LogP contribution in [0.25, 0.3) is 5.69 Å². The Balaban J connectivity index is 2.21. The highest BCUT2D eigenvalue weighted by Crippen LogP contribution is 2.11. The van der Waals surface area contributed by atoms with Gasteiger partial charge in [0.15, 0.2) is 0 Å². The zero-order valence-electron chi connectivity index (χ0n) is 10.4. The van der Waals surface area contributed by atoms with E-state index in [4.69, 9.17) is 0 Å². The van der Waals surface area contributed by atoms with Crippen LogP contribution in [0.3, 0.4) is 0 Å². The van der Waals surface area contributed by atoms with Crippen LogP contribution in [0.15, 0.2) is 42.6 Å². The Morgan fingerprint density at radius 2 is 2.06 bits per heavy atom. The Kier molecular flexibility index (Phi) is 3.62. The van der Waals surface area contributed by atoms with Crippen molar-refractivity contribution in [3.8, 4) is 5.69 Å². The van der Waals surface area contributed by atoms with Crippen LogP contribution in [0.5, 0.6) is 0 Å². The molecule has 0 bridgehead atoms. The van der Waals surface area contributed by atoms with E-state index in [1.165, 1.54) is 12.0 Å². The quantitative estimate of drug-likeness (QED) is 0.831. The number of benzene rings is 1. The third-order valence-corrected chi connectivity index (χ3v) is 2.61. The number of hydrogen-bond acceptors (Lipinski definition) is 3. The summed E-state index contributed by atoms with van der Waals surface area (Å²) in [5, 5.41) is 4.26. The molecule has 1 amide bonds. The fourth-order valence-corrected chi connectivity index (χ4v) is 1.72. The minimum Gasteiger partial charge on any atom is -0.453 e. The van der Waals surface area contributed by atoms with Gasteiger partial charge in [0.05, 0.1) is 25.0 Å². The van der Waals surface area contributed by atoms with Gasteiger partial charge in [-0.2, -0.15) is 5.10 Å². The van der Waals surface area contributed by atoms with Crippen LogP contribution in [-0.2, 0) is 11.3 Å². The van der Waals surface area contributed by atoms with Crippen molar-refractivity contribution in [2.24, 2.45) is 0 Å². The highest BCUT2D eigenvalue weighted by molar-refractivity contribution is 5.66. The fraction of sp³-hybridized carbons (Fsp3) is 0.231. The number of carbonyl (C=O) groups is 1. The maximum atomic E-state index is 11.4. The third kappa shape index (κ3) is 2.51. The van der Waals surface area contributed by atoms with E-state index >= 15 is 0 Å². The summed E-state index contributed by atoms with van der Waals surface area (Å²) in [7, 11) is 3.06. The normalized spacial score (nSPS) is 10.1. The van der Waals surface area contributed by atoms with Crippen molar-refractivity contribution in [3.05, 3.63) is 48.3 Å². The lowest BCUT2D eigenvalue weighted by Gasteiger charge is -2.16. The van der Waals surface area contributed by atoms with Crippen molar-refractivity contribution in [2.75, 3.05) is 14.2 Å². The number of ether oxygens (including phenoxy) is 1. The number of hydrogen-bond donors (Lipinski definition) is 0. The van der Waals surface area contributed by atoms with Crippen LogP contribution in [0.4, 0.5) is 4.79 Å². The Morgan fingerprint density at radius 3 is 2.72 bits per heavy atom. The second-order valence-electron chi connectivity index (χ2n) is 3.90. The molecule has 0 saturated carbocycles. The van der Waals surface area contributed by atoms with Crippen LogP contribution >= 0.6 is 0 Å². The van der Waals surface area contributed by atoms with Crippen LogP contribution < -0.4 is 0 Å². The predicted molar refractivity (Wildman–Crippen MR) is 67.4 cm³/mol. The summed E-state index contributed by atoms with van der Waals surface area (Å²) < 4.78 is 6.47. The zero-order valence-corrected chi connectivity index (χ0v) is 10.4. The molecule has 1 aromatic heterocycles. The van der Waals surface area contributed by atoms with E-state index < -0.39 is 0 Å². The average Bonchev–Trinajstić information content (AvgIpc) is 2.86. The van der Waals surface area contributed by atoms with Crippen LogP contribution in [0, 0.1) is 0 Å². The Morgan fingerprint density at radius 1 is 1.33 bits per heavy atom. The molecule has 0 atom stereocenters. The number of amides is 1. The van der Waals surface area contributed by atoms with Gasteiger partial charge in [0, 0.05) is 13.2 Å². The van der Waals surface area contributed by atoms with Crippen molar-refractivity contribution in [2.45, 2.75) is 6.54 Å². The van der Waals surface area contributed by atoms with E-state index in [1.54, 1.807) is 17.9 Å². The molecule has 1 heterocycles. The summed E-state index contributed by atoms with van der Waals surface area (Å²) in [5.41, 5.74) is 1.89. The van der Waals surface area contributed by atoms with Crippen LogP contribution in [-0.4, -0.2) is 34.9 Å². The Bertz CT molecular complexity index is 522. The van der Waals surface area contributed by atoms with E-state index in [9.17, 15) is 4.79 Å². The standard InChI is InChI=1S/C13H15N3O2/c1-15(13(17)18-2)10-12-8-9-14-16(12)11-6-4-3-5-7-11/h3-9H,10H2,1-2H3. The van der Waals surface area contributed by atoms with E-state index in [-0.39, 0.29) is 6.09 Å². The van der Waals surface area contributed by atoms with Gasteiger partial charge in [-0.05, 0) is 18.2 Å². The first kappa shape index (κ1) is 12.2. The monoisotopic (exact) mass is 245 g/mol. The second-order valence-corrected chi connectivity index (χ2v) is 3.90. The average molecular weight is 245 g/mol. The summed E-state index contributed by atoms with van der Waals surface area (Å²) in [4.78, 5) is 12.9. The molecule has 2 aromatic rings. The summed E-state index contributed by atoms with van der Waals surface area (Å²) >= 11 is 0. The SMILES string of the molecule is COC(=O)N(C)Cc1ccnn1-c1ccccc1. The molecule has 94 valence electrons. The lowest BCUT2D eigenvalue weighted by molar-refractivity contribution is 0.130. The maximum Gasteiger partial charge on any atom is 0.409 e. The number of nitrogens with zero attached hydrogens (tertiary/aromatic N) is 3. The third-order valence-electron chi connectivity index (χ3n) is 2.61. The molecule has 0 aliphatic heterocycles. The van der Waals surface area contributed by atoms with Gasteiger partial charge < -0.3 is 9.64 Å². The first-order valence-electron chi connectivity index (χ1n) is 5.60. The Labute approximate surface area is 106 Å². The molecule has 0 N–H and O–H groups in total. The van der Waals surface area contributed by atoms with Gasteiger partial charge in [-0.25, -0.2) is 9.48 Å². The predicted octanol–water partition coefficient (Wildman–Crippen LogP) is 2.07. The number of rotatable bonds is 3. The first-order valence-corrected chi connectivity index (χ1v) is 5.60. The lowest BCUT2D eigenvalue weighted by atomic mass is 10.3. The van der Waals surface area contributed by atoms with Gasteiger partial charge in [-0.15, -0.1) is 0 Å². The molecule has 2 rings (SSSR count). The van der Waals surface area contributed by atoms with E-state index in [2.05, 4.69) is 9.84 Å². The molecule has 18 heavy (non-hydrogen) atoms. The summed E-state index contributed by atoms with van der Waals surface area (Å²) in [6, 6.07) is 11.7. The molecule has 0 radical (unpaired) electrons. The van der Waals surface area contributed by atoms with Gasteiger partial charge in [-0.3, -0.25) is 0 Å². The lowest BCUT2D eigenvalue weighted by Crippen LogP contribution is -2.27. The number of aromatic nitrogens is 2. The van der Waals surface area contributed by atoms with Crippen molar-refractivity contribution in [3.63, 3.8) is 0 Å². The topological polar surface area (TPSA) is 47.4 Å². The number of carbonyl (C=O) groups excluding carboxylic acids is 1. The molecule has 1 aromatic carbocycles. The largest absolute Gasteiger partial charge is 0.453 e. The fourth-order valence-electron chi connectivity index (χ4n) is 1.72. The minimum atomic E-state index is -0.365. The van der Waals surface area contributed by atoms with Crippen molar-refractivity contribution in [1.29, 1.82) is 0 Å². The van der Waals surface area contributed by atoms with Gasteiger partial charge in [0.2, 0.25) is 0 Å². The highest BCUT2D eigenvalue weighted by Gasteiger charge is 2.12. The molecule has 0 saturated heterocycles. The molecule has 0 fully saturated rings. The molecule has 5 heteroatoms. The zero-order chi connectivity index (χ0) is 13.0. The minimum absolute atomic E-state index is 0.365. The second kappa shape index (κ2) is 5.35. The smallest absolute Gasteiger partial charge is 0.409 e. The summed E-state index contributed by atoms with van der Waals surface area (Å²) in [6.45, 7) is 0.446. The van der Waals surface area contributed by atoms with Crippen LogP contribution in [0.2, 0.25) is 0 Å². The molecule has 5 nitrogen and oxygen atoms in total. The molecular formula is C13H15N3O2. The highest BCUT2D eigenvalue weighted by atomic mass is 16.5. The van der Waals surface area contributed by atoms with Gasteiger partial charge in [0.1, 0.15) is 0 Å². The van der Waals surface area contributed by atoms with E-state index in [0.717, 1.165) is 11.4 Å². The van der Waals surface area contributed by atoms with Gasteiger partial charge in [-0.1, -0.05) is 18.2 Å². The van der Waals surface area contributed by atoms with E-state index in [1.807, 2.05) is 36.4 Å².